The molecule has 0 aliphatic carbocycles. The van der Waals surface area contributed by atoms with Gasteiger partial charge in [-0.3, -0.25) is 4.79 Å². The molecule has 0 radical (unpaired) electrons. The largest absolute Gasteiger partial charge is 0.497 e. The first-order valence-corrected chi connectivity index (χ1v) is 6.28. The Labute approximate surface area is 126 Å². The summed E-state index contributed by atoms with van der Waals surface area (Å²) in [4.78, 5) is 22.6. The van der Waals surface area contributed by atoms with Gasteiger partial charge < -0.3 is 14.2 Å². The molecule has 0 heterocycles. The summed E-state index contributed by atoms with van der Waals surface area (Å²) in [6, 6.07) is 10.7. The van der Waals surface area contributed by atoms with E-state index in [9.17, 15) is 9.59 Å². The molecule has 0 aromatic heterocycles. The van der Waals surface area contributed by atoms with Crippen molar-refractivity contribution >= 4 is 24.0 Å². The van der Waals surface area contributed by atoms with Crippen molar-refractivity contribution in [3.05, 3.63) is 53.1 Å². The van der Waals surface area contributed by atoms with E-state index in [0.717, 1.165) is 0 Å². The highest BCUT2D eigenvalue weighted by Gasteiger charge is 2.16. The first kappa shape index (κ1) is 14.9. The predicted molar refractivity (Wildman–Crippen MR) is 76.1 cm³/mol. The summed E-state index contributed by atoms with van der Waals surface area (Å²) in [5.41, 5.74) is 0.0800. The van der Waals surface area contributed by atoms with Gasteiger partial charge in [0.25, 0.3) is 6.47 Å². The van der Waals surface area contributed by atoms with Crippen LogP contribution in [0.2, 0.25) is 5.02 Å². The Morgan fingerprint density at radius 1 is 1.10 bits per heavy atom. The Morgan fingerprint density at radius 2 is 1.76 bits per heavy atom. The number of methoxy groups -OCH3 is 1. The topological polar surface area (TPSA) is 61.8 Å². The van der Waals surface area contributed by atoms with Crippen LogP contribution in [-0.4, -0.2) is 19.6 Å². The smallest absolute Gasteiger partial charge is 0.347 e. The lowest BCUT2D eigenvalue weighted by Crippen LogP contribution is -2.11. The molecule has 0 aliphatic heterocycles. The molecule has 0 fully saturated rings. The number of hydrogen-bond donors (Lipinski definition) is 0. The molecule has 0 bridgehead atoms. The van der Waals surface area contributed by atoms with Crippen LogP contribution >= 0.6 is 11.6 Å². The Morgan fingerprint density at radius 3 is 2.38 bits per heavy atom. The van der Waals surface area contributed by atoms with Crippen molar-refractivity contribution in [2.45, 2.75) is 0 Å². The third-order valence-corrected chi connectivity index (χ3v) is 2.86. The molecule has 0 saturated heterocycles. The van der Waals surface area contributed by atoms with E-state index in [2.05, 4.69) is 0 Å². The number of carbonyl (C=O) groups is 2. The lowest BCUT2D eigenvalue weighted by Gasteiger charge is -2.09. The molecule has 0 atom stereocenters. The van der Waals surface area contributed by atoms with Gasteiger partial charge in [0.1, 0.15) is 22.8 Å². The van der Waals surface area contributed by atoms with E-state index in [-0.39, 0.29) is 17.8 Å². The summed E-state index contributed by atoms with van der Waals surface area (Å²) in [6.45, 7) is 0.237. The first-order valence-electron chi connectivity index (χ1n) is 5.90. The van der Waals surface area contributed by atoms with Crippen LogP contribution < -0.4 is 14.2 Å². The van der Waals surface area contributed by atoms with Crippen molar-refractivity contribution in [3.8, 4) is 17.2 Å². The van der Waals surface area contributed by atoms with Gasteiger partial charge in [0, 0.05) is 5.02 Å². The van der Waals surface area contributed by atoms with Gasteiger partial charge in [-0.2, -0.15) is 0 Å². The molecule has 2 aromatic carbocycles. The zero-order valence-electron chi connectivity index (χ0n) is 11.0. The van der Waals surface area contributed by atoms with Crippen LogP contribution in [0, 0.1) is 0 Å². The monoisotopic (exact) mass is 306 g/mol. The summed E-state index contributed by atoms with van der Waals surface area (Å²) in [7, 11) is 1.46. The normalized spacial score (nSPS) is 9.81. The van der Waals surface area contributed by atoms with E-state index < -0.39 is 5.97 Å². The maximum absolute atomic E-state index is 12.2. The maximum Gasteiger partial charge on any atom is 0.347 e. The molecule has 21 heavy (non-hydrogen) atoms. The quantitative estimate of drug-likeness (QED) is 0.482. The van der Waals surface area contributed by atoms with Gasteiger partial charge >= 0.3 is 5.97 Å². The lowest BCUT2D eigenvalue weighted by atomic mass is 10.2. The Hall–Kier alpha value is -2.53. The van der Waals surface area contributed by atoms with Crippen molar-refractivity contribution in [3.63, 3.8) is 0 Å². The second-order valence-corrected chi connectivity index (χ2v) is 4.36. The number of benzene rings is 2. The molecule has 108 valence electrons. The van der Waals surface area contributed by atoms with Crippen LogP contribution in [-0.2, 0) is 4.79 Å². The zero-order chi connectivity index (χ0) is 15.2. The fraction of sp³-hybridized carbons (Fsp3) is 0.0667. The Bertz CT molecular complexity index is 652. The molecule has 0 N–H and O–H groups in total. The molecule has 0 saturated carbocycles. The van der Waals surface area contributed by atoms with Crippen LogP contribution in [0.1, 0.15) is 10.4 Å². The van der Waals surface area contributed by atoms with Crippen LogP contribution in [0.5, 0.6) is 17.2 Å². The van der Waals surface area contributed by atoms with Crippen molar-refractivity contribution < 1.29 is 23.8 Å². The van der Waals surface area contributed by atoms with E-state index in [1.54, 1.807) is 30.3 Å². The van der Waals surface area contributed by atoms with Crippen LogP contribution in [0.3, 0.4) is 0 Å². The summed E-state index contributed by atoms with van der Waals surface area (Å²) in [5.74, 6) is 0.179. The van der Waals surface area contributed by atoms with E-state index in [4.69, 9.17) is 25.8 Å². The van der Waals surface area contributed by atoms with Crippen molar-refractivity contribution in [2.75, 3.05) is 7.11 Å². The highest BCUT2D eigenvalue weighted by molar-refractivity contribution is 6.30. The molecule has 0 amide bonds. The summed E-state index contributed by atoms with van der Waals surface area (Å²) < 4.78 is 15.0. The van der Waals surface area contributed by atoms with Crippen LogP contribution in [0.25, 0.3) is 0 Å². The summed E-state index contributed by atoms with van der Waals surface area (Å²) in [6.07, 6.45) is 0. The Kier molecular flexibility index (Phi) is 4.79. The van der Waals surface area contributed by atoms with E-state index in [0.29, 0.717) is 16.5 Å². The number of rotatable bonds is 5. The number of hydrogen-bond acceptors (Lipinski definition) is 5. The maximum atomic E-state index is 12.2. The van der Waals surface area contributed by atoms with E-state index in [1.807, 2.05) is 0 Å². The van der Waals surface area contributed by atoms with Crippen molar-refractivity contribution in [1.29, 1.82) is 0 Å². The minimum atomic E-state index is -0.673. The molecule has 6 heteroatoms. The van der Waals surface area contributed by atoms with Gasteiger partial charge in [-0.1, -0.05) is 11.6 Å². The molecule has 5 nitrogen and oxygen atoms in total. The standard InChI is InChI=1S/C15H11ClO5/c1-19-12-6-7-14(20-9-17)13(8-12)15(18)21-11-4-2-10(16)3-5-11/h2-9H,1H3. The number of halogens is 1. The highest BCUT2D eigenvalue weighted by atomic mass is 35.5. The second kappa shape index (κ2) is 6.76. The van der Waals surface area contributed by atoms with E-state index >= 15 is 0 Å². The highest BCUT2D eigenvalue weighted by Crippen LogP contribution is 2.26. The molecule has 2 rings (SSSR count). The SMILES string of the molecule is COc1ccc(OC=O)c(C(=O)Oc2ccc(Cl)cc2)c1. The second-order valence-electron chi connectivity index (χ2n) is 3.92. The first-order chi connectivity index (χ1) is 10.1. The van der Waals surface area contributed by atoms with E-state index in [1.165, 1.54) is 19.2 Å². The minimum Gasteiger partial charge on any atom is -0.497 e. The number of esters is 1. The fourth-order valence-electron chi connectivity index (χ4n) is 1.61. The molecule has 0 spiro atoms. The fourth-order valence-corrected chi connectivity index (χ4v) is 1.74. The average molecular weight is 307 g/mol. The van der Waals surface area contributed by atoms with Gasteiger partial charge in [0.05, 0.1) is 7.11 Å². The Balaban J connectivity index is 2.28. The van der Waals surface area contributed by atoms with Gasteiger partial charge in [-0.05, 0) is 42.5 Å². The predicted octanol–water partition coefficient (Wildman–Crippen LogP) is 3.10. The lowest BCUT2D eigenvalue weighted by molar-refractivity contribution is -0.120. The van der Waals surface area contributed by atoms with Gasteiger partial charge in [-0.25, -0.2) is 4.79 Å². The summed E-state index contributed by atoms with van der Waals surface area (Å²) in [5, 5.41) is 0.529. The molecule has 0 unspecified atom stereocenters. The summed E-state index contributed by atoms with van der Waals surface area (Å²) >= 11 is 5.76. The van der Waals surface area contributed by atoms with Gasteiger partial charge in [0.2, 0.25) is 0 Å². The number of carbonyl (C=O) groups excluding carboxylic acids is 2. The molecule has 2 aromatic rings. The number of ether oxygens (including phenoxy) is 3. The average Bonchev–Trinajstić information content (AvgIpc) is 2.50. The van der Waals surface area contributed by atoms with Crippen LogP contribution in [0.4, 0.5) is 0 Å². The van der Waals surface area contributed by atoms with Crippen molar-refractivity contribution in [1.82, 2.24) is 0 Å². The van der Waals surface area contributed by atoms with Crippen LogP contribution in [0.15, 0.2) is 42.5 Å². The molecular weight excluding hydrogens is 296 g/mol. The van der Waals surface area contributed by atoms with Crippen molar-refractivity contribution in [2.24, 2.45) is 0 Å². The third kappa shape index (κ3) is 3.73. The molecule has 0 aliphatic rings. The molecular formula is C15H11ClO5. The van der Waals surface area contributed by atoms with Gasteiger partial charge in [0.15, 0.2) is 0 Å². The zero-order valence-corrected chi connectivity index (χ0v) is 11.8. The minimum absolute atomic E-state index is 0.0800. The third-order valence-electron chi connectivity index (χ3n) is 2.61. The van der Waals surface area contributed by atoms with Gasteiger partial charge in [-0.15, -0.1) is 0 Å².